The fourth-order valence-corrected chi connectivity index (χ4v) is 3.37. The van der Waals surface area contributed by atoms with Crippen molar-refractivity contribution in [1.82, 2.24) is 9.78 Å². The molecule has 0 aliphatic carbocycles. The topological polar surface area (TPSA) is 29.9 Å². The van der Waals surface area contributed by atoms with Crippen molar-refractivity contribution in [3.05, 3.63) is 59.8 Å². The molecule has 0 saturated heterocycles. The number of nitrogens with one attached hydrogen (secondary N) is 1. The van der Waals surface area contributed by atoms with Gasteiger partial charge in [-0.05, 0) is 36.5 Å². The van der Waals surface area contributed by atoms with Gasteiger partial charge in [0.25, 0.3) is 0 Å². The second-order valence-corrected chi connectivity index (χ2v) is 5.90. The van der Waals surface area contributed by atoms with Crippen LogP contribution in [0.5, 0.6) is 0 Å². The van der Waals surface area contributed by atoms with Crippen LogP contribution in [0, 0.1) is 5.92 Å². The molecule has 0 fully saturated rings. The van der Waals surface area contributed by atoms with Gasteiger partial charge in [-0.1, -0.05) is 36.4 Å². The van der Waals surface area contributed by atoms with Gasteiger partial charge in [0.2, 0.25) is 0 Å². The lowest BCUT2D eigenvalue weighted by molar-refractivity contribution is 0.526. The van der Waals surface area contributed by atoms with Gasteiger partial charge in [-0.25, -0.2) is 0 Å². The molecule has 1 aliphatic heterocycles. The van der Waals surface area contributed by atoms with Crippen molar-refractivity contribution in [3.63, 3.8) is 0 Å². The number of hydrogen-bond acceptors (Lipinski definition) is 2. The summed E-state index contributed by atoms with van der Waals surface area (Å²) in [5.74, 6) is 0.609. The van der Waals surface area contributed by atoms with E-state index in [-0.39, 0.29) is 0 Å². The van der Waals surface area contributed by atoms with Gasteiger partial charge in [0, 0.05) is 24.7 Å². The molecule has 1 aliphatic rings. The molecule has 106 valence electrons. The summed E-state index contributed by atoms with van der Waals surface area (Å²) in [6.07, 6.45) is 2.16. The molecule has 1 aromatic heterocycles. The number of benzene rings is 2. The summed E-state index contributed by atoms with van der Waals surface area (Å²) in [4.78, 5) is 0. The molecule has 3 nitrogen and oxygen atoms in total. The third-order valence-corrected chi connectivity index (χ3v) is 4.42. The molecule has 0 amide bonds. The predicted octanol–water partition coefficient (Wildman–Crippen LogP) is 3.40. The van der Waals surface area contributed by atoms with E-state index in [4.69, 9.17) is 5.10 Å². The number of nitrogens with zero attached hydrogens (tertiary/aromatic N) is 2. The first-order valence-electron chi connectivity index (χ1n) is 7.53. The summed E-state index contributed by atoms with van der Waals surface area (Å²) >= 11 is 0. The number of anilines is 1. The Kier molecular flexibility index (Phi) is 2.92. The highest BCUT2D eigenvalue weighted by atomic mass is 15.3. The number of para-hydroxylation sites is 2. The van der Waals surface area contributed by atoms with Crippen LogP contribution in [0.15, 0.2) is 48.5 Å². The van der Waals surface area contributed by atoms with Gasteiger partial charge in [-0.15, -0.1) is 0 Å². The van der Waals surface area contributed by atoms with Crippen molar-refractivity contribution in [2.24, 2.45) is 13.0 Å². The lowest BCUT2D eigenvalue weighted by atomic mass is 9.90. The molecule has 1 atom stereocenters. The van der Waals surface area contributed by atoms with Crippen LogP contribution < -0.4 is 5.32 Å². The summed E-state index contributed by atoms with van der Waals surface area (Å²) in [5.41, 5.74) is 5.16. The monoisotopic (exact) mass is 277 g/mol. The Morgan fingerprint density at radius 3 is 2.90 bits per heavy atom. The molecule has 0 bridgehead atoms. The lowest BCUT2D eigenvalue weighted by Crippen LogP contribution is -2.25. The molecular weight excluding hydrogens is 258 g/mol. The lowest BCUT2D eigenvalue weighted by Gasteiger charge is -2.25. The minimum absolute atomic E-state index is 0.609. The first-order valence-corrected chi connectivity index (χ1v) is 7.53. The highest BCUT2D eigenvalue weighted by molar-refractivity contribution is 5.81. The summed E-state index contributed by atoms with van der Waals surface area (Å²) in [6.45, 7) is 1.03. The minimum Gasteiger partial charge on any atom is -0.385 e. The maximum absolute atomic E-state index is 4.73. The molecule has 1 unspecified atom stereocenters. The molecule has 3 aromatic rings. The molecule has 2 aromatic carbocycles. The minimum atomic E-state index is 0.609. The number of hydrogen-bond donors (Lipinski definition) is 1. The van der Waals surface area contributed by atoms with Crippen molar-refractivity contribution < 1.29 is 0 Å². The van der Waals surface area contributed by atoms with Crippen LogP contribution in [0.1, 0.15) is 11.3 Å². The fraction of sp³-hybridized carbons (Fsp3) is 0.278. The number of aryl methyl sites for hydroxylation is 1. The summed E-state index contributed by atoms with van der Waals surface area (Å²) in [6, 6.07) is 17.1. The molecule has 0 saturated carbocycles. The van der Waals surface area contributed by atoms with E-state index in [1.54, 1.807) is 0 Å². The molecule has 0 spiro atoms. The SMILES string of the molecule is Cn1nc(CC2CNc3ccccc3C2)c2ccccc21. The molecule has 1 N–H and O–H groups in total. The molecule has 3 heteroatoms. The van der Waals surface area contributed by atoms with Crippen LogP contribution in [0.2, 0.25) is 0 Å². The summed E-state index contributed by atoms with van der Waals surface area (Å²) < 4.78 is 1.99. The summed E-state index contributed by atoms with van der Waals surface area (Å²) in [5, 5.41) is 9.57. The van der Waals surface area contributed by atoms with Crippen LogP contribution >= 0.6 is 0 Å². The fourth-order valence-electron chi connectivity index (χ4n) is 3.37. The number of fused-ring (bicyclic) bond motifs is 2. The summed E-state index contributed by atoms with van der Waals surface area (Å²) in [7, 11) is 2.03. The van der Waals surface area contributed by atoms with Gasteiger partial charge in [0.05, 0.1) is 11.2 Å². The maximum atomic E-state index is 4.73. The Morgan fingerprint density at radius 2 is 1.95 bits per heavy atom. The van der Waals surface area contributed by atoms with Crippen molar-refractivity contribution >= 4 is 16.6 Å². The third-order valence-electron chi connectivity index (χ3n) is 4.42. The number of aromatic nitrogens is 2. The van der Waals surface area contributed by atoms with E-state index < -0.39 is 0 Å². The van der Waals surface area contributed by atoms with Crippen LogP contribution in [0.3, 0.4) is 0 Å². The number of rotatable bonds is 2. The molecule has 4 rings (SSSR count). The Morgan fingerprint density at radius 1 is 1.14 bits per heavy atom. The molecule has 0 radical (unpaired) electrons. The van der Waals surface area contributed by atoms with Gasteiger partial charge < -0.3 is 5.32 Å². The maximum Gasteiger partial charge on any atom is 0.0706 e. The zero-order chi connectivity index (χ0) is 14.2. The van der Waals surface area contributed by atoms with E-state index >= 15 is 0 Å². The van der Waals surface area contributed by atoms with E-state index in [1.165, 1.54) is 27.8 Å². The van der Waals surface area contributed by atoms with Crippen molar-refractivity contribution in [2.45, 2.75) is 12.8 Å². The Hall–Kier alpha value is -2.29. The second-order valence-electron chi connectivity index (χ2n) is 5.90. The zero-order valence-electron chi connectivity index (χ0n) is 12.2. The average molecular weight is 277 g/mol. The second kappa shape index (κ2) is 4.92. The van der Waals surface area contributed by atoms with Gasteiger partial charge in [-0.3, -0.25) is 4.68 Å². The van der Waals surface area contributed by atoms with E-state index in [0.717, 1.165) is 19.4 Å². The van der Waals surface area contributed by atoms with Gasteiger partial charge in [-0.2, -0.15) is 5.10 Å². The van der Waals surface area contributed by atoms with Crippen LogP contribution in [-0.2, 0) is 19.9 Å². The van der Waals surface area contributed by atoms with Gasteiger partial charge in [0.1, 0.15) is 0 Å². The Bertz CT molecular complexity index is 788. The van der Waals surface area contributed by atoms with E-state index in [1.807, 2.05) is 11.7 Å². The largest absolute Gasteiger partial charge is 0.385 e. The quantitative estimate of drug-likeness (QED) is 0.778. The standard InChI is InChI=1S/C18H19N3/c1-21-18-9-5-3-7-15(18)17(20-21)11-13-10-14-6-2-4-8-16(14)19-12-13/h2-9,13,19H,10-12H2,1H3. The molecule has 21 heavy (non-hydrogen) atoms. The van der Waals surface area contributed by atoms with Crippen LogP contribution in [0.25, 0.3) is 10.9 Å². The average Bonchev–Trinajstić information content (AvgIpc) is 2.84. The highest BCUT2D eigenvalue weighted by Crippen LogP contribution is 2.28. The smallest absolute Gasteiger partial charge is 0.0706 e. The zero-order valence-corrected chi connectivity index (χ0v) is 12.2. The highest BCUT2D eigenvalue weighted by Gasteiger charge is 2.20. The Labute approximate surface area is 124 Å². The van der Waals surface area contributed by atoms with Gasteiger partial charge in [0.15, 0.2) is 0 Å². The van der Waals surface area contributed by atoms with Crippen molar-refractivity contribution in [2.75, 3.05) is 11.9 Å². The van der Waals surface area contributed by atoms with E-state index in [9.17, 15) is 0 Å². The van der Waals surface area contributed by atoms with E-state index in [2.05, 4.69) is 53.8 Å². The molecule has 2 heterocycles. The van der Waals surface area contributed by atoms with Crippen molar-refractivity contribution in [1.29, 1.82) is 0 Å². The van der Waals surface area contributed by atoms with Gasteiger partial charge >= 0.3 is 0 Å². The van der Waals surface area contributed by atoms with Crippen LogP contribution in [-0.4, -0.2) is 16.3 Å². The molecular formula is C18H19N3. The van der Waals surface area contributed by atoms with Crippen LogP contribution in [0.4, 0.5) is 5.69 Å². The third kappa shape index (κ3) is 2.19. The van der Waals surface area contributed by atoms with E-state index in [0.29, 0.717) is 5.92 Å². The normalized spacial score (nSPS) is 17.5. The van der Waals surface area contributed by atoms with Crippen molar-refractivity contribution in [3.8, 4) is 0 Å². The predicted molar refractivity (Wildman–Crippen MR) is 86.5 cm³/mol. The first kappa shape index (κ1) is 12.5. The Balaban J connectivity index is 1.62. The first-order chi connectivity index (χ1) is 10.3.